The van der Waals surface area contributed by atoms with Crippen LogP contribution in [0.5, 0.6) is 0 Å². The quantitative estimate of drug-likeness (QED) is 0.156. The fourth-order valence-electron chi connectivity index (χ4n) is 7.09. The van der Waals surface area contributed by atoms with Gasteiger partial charge in [0, 0.05) is 35.7 Å². The summed E-state index contributed by atoms with van der Waals surface area (Å²) in [7, 11) is -2.71. The van der Waals surface area contributed by atoms with Crippen molar-refractivity contribution < 1.29 is 18.7 Å². The van der Waals surface area contributed by atoms with Crippen LogP contribution in [0.1, 0.15) is 54.8 Å². The van der Waals surface area contributed by atoms with Crippen LogP contribution in [0.3, 0.4) is 0 Å². The molecule has 0 saturated carbocycles. The summed E-state index contributed by atoms with van der Waals surface area (Å²) in [6.45, 7) is 7.95. The van der Waals surface area contributed by atoms with E-state index in [0.717, 1.165) is 39.0 Å². The first kappa shape index (κ1) is 30.8. The molecule has 0 amide bonds. The van der Waals surface area contributed by atoms with Crippen molar-refractivity contribution in [1.82, 2.24) is 10.3 Å². The zero-order chi connectivity index (χ0) is 32.6. The van der Waals surface area contributed by atoms with Crippen LogP contribution in [0.2, 0.25) is 5.04 Å². The van der Waals surface area contributed by atoms with E-state index in [-0.39, 0.29) is 16.8 Å². The Kier molecular flexibility index (Phi) is 8.14. The molecule has 0 bridgehead atoms. The Morgan fingerprint density at radius 1 is 0.872 bits per heavy atom. The Labute approximate surface area is 276 Å². The lowest BCUT2D eigenvalue weighted by atomic mass is 9.95. The van der Waals surface area contributed by atoms with Gasteiger partial charge in [0.25, 0.3) is 8.32 Å². The van der Waals surface area contributed by atoms with E-state index in [1.165, 1.54) is 10.4 Å². The van der Waals surface area contributed by atoms with Crippen molar-refractivity contribution in [3.63, 3.8) is 0 Å². The third-order valence-corrected chi connectivity index (χ3v) is 14.3. The fourth-order valence-corrected chi connectivity index (χ4v) is 11.7. The van der Waals surface area contributed by atoms with Crippen LogP contribution in [0.4, 0.5) is 0 Å². The second-order valence-corrected chi connectivity index (χ2v) is 17.5. The third-order valence-electron chi connectivity index (χ3n) is 9.24. The second-order valence-electron chi connectivity index (χ2n) is 13.2. The highest BCUT2D eigenvalue weighted by Gasteiger charge is 2.50. The standard InChI is InChI=1S/C40H38N2O4Si/c1-40(2,3)47(31-16-6-4-7-17-31,32-18-8-5-9-19-32)45-22-21-33-37-30(26-41-33)24-34(39(43)44)42-38(37)29-15-12-14-27(23-29)36-25-28-13-10-11-20-35(28)46-36/h4-20,23-25,33,41H,21-22,26H2,1-3H3,(H,43,44). The fraction of sp³-hybridized carbons (Fsp3) is 0.200. The smallest absolute Gasteiger partial charge is 0.354 e. The highest BCUT2D eigenvalue weighted by molar-refractivity contribution is 6.99. The average molecular weight is 639 g/mol. The molecule has 2 N–H and O–H groups in total. The lowest BCUT2D eigenvalue weighted by molar-refractivity contribution is 0.0690. The van der Waals surface area contributed by atoms with Crippen LogP contribution in [0.15, 0.2) is 126 Å². The maximum Gasteiger partial charge on any atom is 0.354 e. The predicted octanol–water partition coefficient (Wildman–Crippen LogP) is 7.97. The van der Waals surface area contributed by atoms with E-state index in [9.17, 15) is 9.90 Å². The molecule has 0 spiro atoms. The van der Waals surface area contributed by atoms with Gasteiger partial charge in [-0.05, 0) is 57.2 Å². The molecule has 7 heteroatoms. The van der Waals surface area contributed by atoms with E-state index in [2.05, 4.69) is 86.8 Å². The number of carbonyl (C=O) groups is 1. The minimum absolute atomic E-state index is 0.0407. The summed E-state index contributed by atoms with van der Waals surface area (Å²) in [5.41, 5.74) is 5.29. The van der Waals surface area contributed by atoms with Gasteiger partial charge in [-0.25, -0.2) is 9.78 Å². The van der Waals surface area contributed by atoms with Gasteiger partial charge in [-0.3, -0.25) is 0 Å². The van der Waals surface area contributed by atoms with E-state index in [1.807, 2.05) is 54.6 Å². The average Bonchev–Trinajstić information content (AvgIpc) is 3.71. The van der Waals surface area contributed by atoms with Gasteiger partial charge < -0.3 is 19.3 Å². The molecule has 2 aromatic heterocycles. The molecule has 6 nitrogen and oxygen atoms in total. The molecular formula is C40H38N2O4Si. The molecule has 1 aliphatic heterocycles. The van der Waals surface area contributed by atoms with Gasteiger partial charge in [-0.2, -0.15) is 0 Å². The number of rotatable bonds is 9. The van der Waals surface area contributed by atoms with E-state index in [0.29, 0.717) is 25.3 Å². The number of hydrogen-bond acceptors (Lipinski definition) is 5. The first-order valence-corrected chi connectivity index (χ1v) is 18.0. The van der Waals surface area contributed by atoms with E-state index in [1.54, 1.807) is 6.07 Å². The number of carboxylic acids is 1. The molecule has 0 fully saturated rings. The molecule has 0 saturated heterocycles. The number of furan rings is 1. The van der Waals surface area contributed by atoms with Crippen molar-refractivity contribution >= 4 is 35.6 Å². The lowest BCUT2D eigenvalue weighted by Gasteiger charge is -2.43. The minimum Gasteiger partial charge on any atom is -0.477 e. The van der Waals surface area contributed by atoms with Gasteiger partial charge in [0.05, 0.1) is 5.69 Å². The monoisotopic (exact) mass is 638 g/mol. The maximum absolute atomic E-state index is 12.2. The molecule has 1 aliphatic rings. The molecule has 0 aliphatic carbocycles. The number of nitrogens with one attached hydrogen (secondary N) is 1. The Morgan fingerprint density at radius 2 is 1.53 bits per heavy atom. The summed E-state index contributed by atoms with van der Waals surface area (Å²) in [6, 6.07) is 41.0. The molecule has 47 heavy (non-hydrogen) atoms. The van der Waals surface area contributed by atoms with Crippen LogP contribution in [0.25, 0.3) is 33.6 Å². The topological polar surface area (TPSA) is 84.6 Å². The summed E-state index contributed by atoms with van der Waals surface area (Å²) < 4.78 is 13.4. The summed E-state index contributed by atoms with van der Waals surface area (Å²) in [6.07, 6.45) is 0.710. The van der Waals surface area contributed by atoms with Crippen molar-refractivity contribution in [1.29, 1.82) is 0 Å². The van der Waals surface area contributed by atoms with Gasteiger partial charge in [0.1, 0.15) is 17.0 Å². The Hall–Kier alpha value is -4.82. The number of benzene rings is 4. The molecule has 6 aromatic rings. The van der Waals surface area contributed by atoms with E-state index >= 15 is 0 Å². The lowest BCUT2D eigenvalue weighted by Crippen LogP contribution is -2.66. The summed E-state index contributed by atoms with van der Waals surface area (Å²) in [5.74, 6) is -0.284. The molecule has 4 aromatic carbocycles. The first-order valence-electron chi connectivity index (χ1n) is 16.1. The van der Waals surface area contributed by atoms with Crippen LogP contribution in [-0.2, 0) is 11.0 Å². The SMILES string of the molecule is CC(C)(C)[Si](OCCC1NCc2cc(C(=O)O)nc(-c3cccc(-c4cc5ccccc5o4)c3)c21)(c1ccccc1)c1ccccc1. The highest BCUT2D eigenvalue weighted by atomic mass is 28.4. The van der Waals surface area contributed by atoms with Gasteiger partial charge in [-0.15, -0.1) is 0 Å². The van der Waals surface area contributed by atoms with Crippen LogP contribution >= 0.6 is 0 Å². The number of nitrogens with zero attached hydrogens (tertiary/aromatic N) is 1. The minimum atomic E-state index is -2.71. The number of fused-ring (bicyclic) bond motifs is 2. The molecular weight excluding hydrogens is 601 g/mol. The molecule has 236 valence electrons. The van der Waals surface area contributed by atoms with Crippen LogP contribution in [0, 0.1) is 0 Å². The molecule has 1 unspecified atom stereocenters. The zero-order valence-corrected chi connectivity index (χ0v) is 27.9. The number of carboxylic acid groups (broad SMARTS) is 1. The summed E-state index contributed by atoms with van der Waals surface area (Å²) in [5, 5.41) is 17.0. The van der Waals surface area contributed by atoms with Crippen molar-refractivity contribution in [3.8, 4) is 22.6 Å². The largest absolute Gasteiger partial charge is 0.477 e. The van der Waals surface area contributed by atoms with Crippen LogP contribution in [-0.4, -0.2) is 31.0 Å². The predicted molar refractivity (Wildman–Crippen MR) is 190 cm³/mol. The van der Waals surface area contributed by atoms with Gasteiger partial charge in [0.2, 0.25) is 0 Å². The third kappa shape index (κ3) is 5.71. The summed E-state index contributed by atoms with van der Waals surface area (Å²) in [4.78, 5) is 16.9. The summed E-state index contributed by atoms with van der Waals surface area (Å²) >= 11 is 0. The van der Waals surface area contributed by atoms with E-state index in [4.69, 9.17) is 13.8 Å². The number of hydrogen-bond donors (Lipinski definition) is 2. The number of para-hydroxylation sites is 1. The number of pyridine rings is 1. The molecule has 1 atom stereocenters. The molecule has 7 rings (SSSR count). The maximum atomic E-state index is 12.2. The normalized spacial score (nSPS) is 14.7. The van der Waals surface area contributed by atoms with Crippen molar-refractivity contribution in [2.75, 3.05) is 6.61 Å². The van der Waals surface area contributed by atoms with Gasteiger partial charge >= 0.3 is 5.97 Å². The molecule has 0 radical (unpaired) electrons. The second kappa shape index (κ2) is 12.4. The Bertz CT molecular complexity index is 1980. The first-order chi connectivity index (χ1) is 22.7. The molecule has 3 heterocycles. The van der Waals surface area contributed by atoms with Crippen molar-refractivity contribution in [2.45, 2.75) is 44.8 Å². The van der Waals surface area contributed by atoms with Gasteiger partial charge in [0.15, 0.2) is 0 Å². The number of aromatic carboxylic acids is 1. The van der Waals surface area contributed by atoms with Gasteiger partial charge in [-0.1, -0.05) is 118 Å². The Balaban J connectivity index is 1.24. The zero-order valence-electron chi connectivity index (χ0n) is 26.9. The van der Waals surface area contributed by atoms with E-state index < -0.39 is 14.3 Å². The van der Waals surface area contributed by atoms with Crippen LogP contribution < -0.4 is 15.7 Å². The number of aromatic nitrogens is 1. The van der Waals surface area contributed by atoms with Crippen molar-refractivity contribution in [3.05, 3.63) is 138 Å². The highest BCUT2D eigenvalue weighted by Crippen LogP contribution is 2.40. The Morgan fingerprint density at radius 3 is 2.19 bits per heavy atom. The van der Waals surface area contributed by atoms with Crippen molar-refractivity contribution in [2.24, 2.45) is 0 Å².